The Morgan fingerprint density at radius 3 is 2.50 bits per heavy atom. The van der Waals surface area contributed by atoms with E-state index in [0.717, 1.165) is 61.9 Å². The number of carbonyl (C=O) groups is 1. The maximum atomic E-state index is 12.2. The minimum atomic E-state index is -0.0833. The van der Waals surface area contributed by atoms with Gasteiger partial charge in [-0.25, -0.2) is 9.97 Å². The standard InChI is InChI=1S/C32H42N8O2/c1-6-39-15-17-40(18-16-39)22-24-7-8-25(19-23(24)2)34-32-35-28-10-9-26(20-29(28)38(32)5)42-27-11-13-33-30(21-27)36-31(41)12-14-37(3)4/h7-11,13,19-21H,6,12,14-18,22H2,1-5H3,(H,34,35)(H,33,36,41). The van der Waals surface area contributed by atoms with Crippen LogP contribution in [0.2, 0.25) is 0 Å². The third-order valence-electron chi connectivity index (χ3n) is 7.78. The first-order valence-electron chi connectivity index (χ1n) is 14.6. The van der Waals surface area contributed by atoms with Gasteiger partial charge < -0.3 is 29.7 Å². The number of carbonyl (C=O) groups excluding carboxylic acids is 1. The Balaban J connectivity index is 1.23. The number of likely N-dealkylation sites (N-methyl/N-ethyl adjacent to an activating group) is 1. The summed E-state index contributed by atoms with van der Waals surface area (Å²) in [6.07, 6.45) is 2.02. The summed E-state index contributed by atoms with van der Waals surface area (Å²) in [5.41, 5.74) is 5.47. The molecule has 1 aliphatic heterocycles. The molecule has 0 spiro atoms. The van der Waals surface area contributed by atoms with Gasteiger partial charge in [-0.05, 0) is 69.0 Å². The molecule has 0 bridgehead atoms. The molecule has 10 nitrogen and oxygen atoms in total. The summed E-state index contributed by atoms with van der Waals surface area (Å²) in [6.45, 7) is 11.7. The average Bonchev–Trinajstić information content (AvgIpc) is 3.28. The van der Waals surface area contributed by atoms with Crippen molar-refractivity contribution in [3.05, 3.63) is 65.9 Å². The van der Waals surface area contributed by atoms with Crippen molar-refractivity contribution in [3.8, 4) is 11.5 Å². The molecule has 5 rings (SSSR count). The molecule has 0 unspecified atom stereocenters. The van der Waals surface area contributed by atoms with Crippen molar-refractivity contribution in [1.82, 2.24) is 29.2 Å². The van der Waals surface area contributed by atoms with Crippen LogP contribution in [-0.2, 0) is 18.4 Å². The number of amides is 1. The number of imidazole rings is 1. The van der Waals surface area contributed by atoms with E-state index in [2.05, 4.69) is 57.5 Å². The second-order valence-corrected chi connectivity index (χ2v) is 11.2. The fraction of sp³-hybridized carbons (Fsp3) is 0.406. The average molecular weight is 571 g/mol. The Bertz CT molecular complexity index is 1520. The Hall–Kier alpha value is -3.99. The van der Waals surface area contributed by atoms with Gasteiger partial charge in [-0.2, -0.15) is 0 Å². The number of ether oxygens (including phenoxy) is 1. The second-order valence-electron chi connectivity index (χ2n) is 11.2. The Morgan fingerprint density at radius 2 is 1.76 bits per heavy atom. The number of nitrogens with one attached hydrogen (secondary N) is 2. The molecule has 2 N–H and O–H groups in total. The Kier molecular flexibility index (Phi) is 9.36. The van der Waals surface area contributed by atoms with E-state index < -0.39 is 0 Å². The van der Waals surface area contributed by atoms with E-state index in [1.54, 1.807) is 18.3 Å². The zero-order valence-electron chi connectivity index (χ0n) is 25.4. The summed E-state index contributed by atoms with van der Waals surface area (Å²) >= 11 is 0. The van der Waals surface area contributed by atoms with Gasteiger partial charge in [-0.3, -0.25) is 9.69 Å². The number of nitrogens with zero attached hydrogens (tertiary/aromatic N) is 6. The molecule has 10 heteroatoms. The lowest BCUT2D eigenvalue weighted by molar-refractivity contribution is -0.116. The van der Waals surface area contributed by atoms with Gasteiger partial charge in [0.05, 0.1) is 11.0 Å². The molecule has 1 saturated heterocycles. The largest absolute Gasteiger partial charge is 0.457 e. The minimum absolute atomic E-state index is 0.0833. The third-order valence-corrected chi connectivity index (χ3v) is 7.78. The summed E-state index contributed by atoms with van der Waals surface area (Å²) < 4.78 is 8.15. The number of aryl methyl sites for hydroxylation is 2. The van der Waals surface area contributed by atoms with E-state index in [1.807, 2.05) is 48.8 Å². The fourth-order valence-corrected chi connectivity index (χ4v) is 5.14. The van der Waals surface area contributed by atoms with Crippen LogP contribution in [0.15, 0.2) is 54.7 Å². The van der Waals surface area contributed by atoms with Crippen molar-refractivity contribution < 1.29 is 9.53 Å². The quantitative estimate of drug-likeness (QED) is 0.265. The lowest BCUT2D eigenvalue weighted by Crippen LogP contribution is -2.45. The Labute approximate surface area is 248 Å². The van der Waals surface area contributed by atoms with E-state index >= 15 is 0 Å². The normalized spacial score (nSPS) is 14.4. The number of hydrogen-bond donors (Lipinski definition) is 2. The molecule has 2 aromatic heterocycles. The summed E-state index contributed by atoms with van der Waals surface area (Å²) in [5.74, 6) is 2.41. The highest BCUT2D eigenvalue weighted by atomic mass is 16.5. The predicted octanol–water partition coefficient (Wildman–Crippen LogP) is 4.84. The highest BCUT2D eigenvalue weighted by Gasteiger charge is 2.17. The molecule has 1 aliphatic rings. The van der Waals surface area contributed by atoms with E-state index in [9.17, 15) is 4.79 Å². The molecular weight excluding hydrogens is 528 g/mol. The molecule has 3 heterocycles. The van der Waals surface area contributed by atoms with Gasteiger partial charge in [0, 0.05) is 76.8 Å². The van der Waals surface area contributed by atoms with Crippen molar-refractivity contribution >= 4 is 34.4 Å². The second kappa shape index (κ2) is 13.3. The van der Waals surface area contributed by atoms with Crippen molar-refractivity contribution in [1.29, 1.82) is 0 Å². The van der Waals surface area contributed by atoms with Gasteiger partial charge >= 0.3 is 0 Å². The van der Waals surface area contributed by atoms with Crippen LogP contribution in [0, 0.1) is 6.92 Å². The highest BCUT2D eigenvalue weighted by Crippen LogP contribution is 2.29. The monoisotopic (exact) mass is 570 g/mol. The molecule has 222 valence electrons. The van der Waals surface area contributed by atoms with Gasteiger partial charge in [-0.1, -0.05) is 13.0 Å². The van der Waals surface area contributed by atoms with E-state index in [0.29, 0.717) is 30.3 Å². The SMILES string of the molecule is CCN1CCN(Cc2ccc(Nc3nc4ccc(Oc5ccnc(NC(=O)CCN(C)C)c5)cc4n3C)cc2C)CC1. The van der Waals surface area contributed by atoms with Crippen LogP contribution in [0.1, 0.15) is 24.5 Å². The lowest BCUT2D eigenvalue weighted by atomic mass is 10.1. The number of aromatic nitrogens is 3. The summed E-state index contributed by atoms with van der Waals surface area (Å²) in [4.78, 5) is 28.3. The fourth-order valence-electron chi connectivity index (χ4n) is 5.14. The maximum absolute atomic E-state index is 12.2. The molecule has 0 radical (unpaired) electrons. The number of piperazine rings is 1. The lowest BCUT2D eigenvalue weighted by Gasteiger charge is -2.34. The molecular formula is C32H42N8O2. The smallest absolute Gasteiger partial charge is 0.226 e. The summed E-state index contributed by atoms with van der Waals surface area (Å²) in [7, 11) is 5.87. The summed E-state index contributed by atoms with van der Waals surface area (Å²) in [6, 6.07) is 15.9. The molecule has 2 aromatic carbocycles. The van der Waals surface area contributed by atoms with Gasteiger partial charge in [0.15, 0.2) is 0 Å². The number of anilines is 3. The van der Waals surface area contributed by atoms with Gasteiger partial charge in [0.2, 0.25) is 11.9 Å². The predicted molar refractivity (Wildman–Crippen MR) is 169 cm³/mol. The van der Waals surface area contributed by atoms with E-state index in [4.69, 9.17) is 9.72 Å². The Morgan fingerprint density at radius 1 is 1.00 bits per heavy atom. The number of benzene rings is 2. The van der Waals surface area contributed by atoms with Crippen LogP contribution >= 0.6 is 0 Å². The molecule has 0 aliphatic carbocycles. The molecule has 4 aromatic rings. The first kappa shape index (κ1) is 29.5. The van der Waals surface area contributed by atoms with Crippen molar-refractivity contribution in [2.75, 3.05) is 64.0 Å². The molecule has 1 amide bonds. The molecule has 0 saturated carbocycles. The topological polar surface area (TPSA) is 90.8 Å². The number of hydrogen-bond acceptors (Lipinski definition) is 8. The summed E-state index contributed by atoms with van der Waals surface area (Å²) in [5, 5.41) is 6.33. The molecule has 1 fully saturated rings. The van der Waals surface area contributed by atoms with Crippen LogP contribution in [0.25, 0.3) is 11.0 Å². The third kappa shape index (κ3) is 7.44. The zero-order valence-corrected chi connectivity index (χ0v) is 25.4. The van der Waals surface area contributed by atoms with Gasteiger partial charge in [-0.15, -0.1) is 0 Å². The van der Waals surface area contributed by atoms with Crippen LogP contribution in [-0.4, -0.2) is 88.5 Å². The first-order chi connectivity index (χ1) is 20.3. The maximum Gasteiger partial charge on any atom is 0.226 e. The number of fused-ring (bicyclic) bond motifs is 1. The van der Waals surface area contributed by atoms with E-state index in [1.165, 1.54) is 11.1 Å². The van der Waals surface area contributed by atoms with Gasteiger partial charge in [0.25, 0.3) is 0 Å². The molecule has 0 atom stereocenters. The van der Waals surface area contributed by atoms with Crippen molar-refractivity contribution in [3.63, 3.8) is 0 Å². The van der Waals surface area contributed by atoms with Crippen LogP contribution in [0.4, 0.5) is 17.5 Å². The van der Waals surface area contributed by atoms with Crippen LogP contribution < -0.4 is 15.4 Å². The first-order valence-corrected chi connectivity index (χ1v) is 14.6. The van der Waals surface area contributed by atoms with Crippen molar-refractivity contribution in [2.24, 2.45) is 7.05 Å². The number of pyridine rings is 1. The van der Waals surface area contributed by atoms with Crippen LogP contribution in [0.5, 0.6) is 11.5 Å². The van der Waals surface area contributed by atoms with Crippen LogP contribution in [0.3, 0.4) is 0 Å². The van der Waals surface area contributed by atoms with E-state index in [-0.39, 0.29) is 5.91 Å². The van der Waals surface area contributed by atoms with Gasteiger partial charge in [0.1, 0.15) is 17.3 Å². The molecule has 42 heavy (non-hydrogen) atoms. The highest BCUT2D eigenvalue weighted by molar-refractivity contribution is 5.90. The minimum Gasteiger partial charge on any atom is -0.457 e. The van der Waals surface area contributed by atoms with Crippen molar-refractivity contribution in [2.45, 2.75) is 26.8 Å². The zero-order chi connectivity index (χ0) is 29.6. The number of rotatable bonds is 11.